The number of unbranched alkanes of at least 4 members (excludes halogenated alkanes) is 11. The Bertz CT molecular complexity index is 1150. The molecule has 0 saturated carbocycles. The van der Waals surface area contributed by atoms with Crippen LogP contribution in [0.4, 0.5) is 0 Å². The Kier molecular flexibility index (Phi) is 16.7. The molecular weight excluding hydrogens is 563 g/mol. The predicted octanol–water partition coefficient (Wildman–Crippen LogP) is 7.42. The molecular formula is C34H52N2O6P+. The van der Waals surface area contributed by atoms with Gasteiger partial charge >= 0.3 is 7.82 Å². The molecule has 0 aliphatic carbocycles. The molecule has 1 aliphatic heterocycles. The number of ether oxygens (including phenoxy) is 2. The number of nitrogens with zero attached hydrogens (tertiary/aromatic N) is 1. The van der Waals surface area contributed by atoms with Gasteiger partial charge < -0.3 is 14.0 Å². The van der Waals surface area contributed by atoms with Gasteiger partial charge in [-0.3, -0.25) is 14.3 Å². The number of methoxy groups -OCH3 is 1. The number of quaternary nitrogens is 1. The summed E-state index contributed by atoms with van der Waals surface area (Å²) < 4.78 is 34.5. The van der Waals surface area contributed by atoms with E-state index in [0.717, 1.165) is 22.6 Å². The minimum Gasteiger partial charge on any atom is -0.491 e. The van der Waals surface area contributed by atoms with Gasteiger partial charge in [-0.1, -0.05) is 102 Å². The van der Waals surface area contributed by atoms with E-state index in [4.69, 9.17) is 18.5 Å². The topological polar surface area (TPSA) is 91.0 Å². The summed E-state index contributed by atoms with van der Waals surface area (Å²) in [5, 5.41) is 0. The van der Waals surface area contributed by atoms with Crippen molar-refractivity contribution < 1.29 is 32.9 Å². The van der Waals surface area contributed by atoms with E-state index in [1.807, 2.05) is 24.4 Å². The zero-order valence-electron chi connectivity index (χ0n) is 26.1. The summed E-state index contributed by atoms with van der Waals surface area (Å²) in [6.07, 6.45) is 22.0. The highest BCUT2D eigenvalue weighted by atomic mass is 31.2. The molecule has 0 fully saturated rings. The summed E-state index contributed by atoms with van der Waals surface area (Å²) in [4.78, 5) is 15.4. The Labute approximate surface area is 258 Å². The van der Waals surface area contributed by atoms with Crippen molar-refractivity contribution in [2.24, 2.45) is 4.99 Å². The number of aliphatic imine (C=N–C) groups is 1. The van der Waals surface area contributed by atoms with Crippen LogP contribution in [0.15, 0.2) is 65.9 Å². The molecule has 0 aromatic heterocycles. The van der Waals surface area contributed by atoms with Crippen LogP contribution >= 0.6 is 7.82 Å². The van der Waals surface area contributed by atoms with Gasteiger partial charge in [-0.15, -0.1) is 0 Å². The molecule has 3 atom stereocenters. The molecule has 2 aromatic rings. The van der Waals surface area contributed by atoms with E-state index >= 15 is 0 Å². The lowest BCUT2D eigenvalue weighted by molar-refractivity contribution is -0.752. The molecule has 8 nitrogen and oxygen atoms in total. The number of nitrogens with one attached hydrogen (secondary N) is 1. The fourth-order valence-electron chi connectivity index (χ4n) is 5.04. The van der Waals surface area contributed by atoms with Crippen LogP contribution in [-0.4, -0.2) is 37.7 Å². The lowest BCUT2D eigenvalue weighted by atomic mass is 10.0. The Morgan fingerprint density at radius 3 is 2.12 bits per heavy atom. The molecule has 0 radical (unpaired) electrons. The molecule has 1 aliphatic rings. The maximum absolute atomic E-state index is 12.6. The van der Waals surface area contributed by atoms with Gasteiger partial charge in [0.2, 0.25) is 0 Å². The molecule has 43 heavy (non-hydrogen) atoms. The van der Waals surface area contributed by atoms with E-state index in [-0.39, 0.29) is 19.0 Å². The van der Waals surface area contributed by atoms with Crippen molar-refractivity contribution in [2.75, 3.05) is 20.3 Å². The average molecular weight is 616 g/mol. The van der Waals surface area contributed by atoms with Gasteiger partial charge in [0.15, 0.2) is 6.34 Å². The lowest BCUT2D eigenvalue weighted by Gasteiger charge is -2.19. The van der Waals surface area contributed by atoms with E-state index in [2.05, 4.69) is 24.0 Å². The van der Waals surface area contributed by atoms with Gasteiger partial charge in [0.1, 0.15) is 37.0 Å². The second-order valence-electron chi connectivity index (χ2n) is 11.3. The van der Waals surface area contributed by atoms with Crippen molar-refractivity contribution in [1.82, 2.24) is 0 Å². The molecule has 9 heteroatoms. The quantitative estimate of drug-likeness (QED) is 0.0944. The minimum absolute atomic E-state index is 0.151. The first-order valence-corrected chi connectivity index (χ1v) is 17.5. The third-order valence-corrected chi connectivity index (χ3v) is 8.47. The van der Waals surface area contributed by atoms with Gasteiger partial charge in [0.05, 0.1) is 12.8 Å². The predicted molar refractivity (Wildman–Crippen MR) is 173 cm³/mol. The summed E-state index contributed by atoms with van der Waals surface area (Å²) in [5.41, 5.74) is 2.19. The number of hydrogen-bond acceptors (Lipinski definition) is 6. The van der Waals surface area contributed by atoms with Gasteiger partial charge in [0, 0.05) is 12.7 Å². The van der Waals surface area contributed by atoms with E-state index in [1.165, 1.54) is 89.7 Å². The SMILES string of the molecule is CCCCCCCCCCCCCCc1cccc(OCC(COP(=O)(O)Oc2cccc(C[NH+]3C=CN=C3)c2)OC)c1. The second-order valence-corrected chi connectivity index (χ2v) is 12.7. The van der Waals surface area contributed by atoms with E-state index in [0.29, 0.717) is 6.54 Å². The second kappa shape index (κ2) is 20.5. The highest BCUT2D eigenvalue weighted by molar-refractivity contribution is 7.47. The number of phosphoric acid groups is 1. The van der Waals surface area contributed by atoms with Gasteiger partial charge in [0.25, 0.3) is 0 Å². The first kappa shape index (κ1) is 35.0. The molecule has 3 unspecified atom stereocenters. The highest BCUT2D eigenvalue weighted by Gasteiger charge is 2.26. The smallest absolute Gasteiger partial charge is 0.491 e. The zero-order chi connectivity index (χ0) is 30.6. The monoisotopic (exact) mass is 615 g/mol. The number of phosphoric ester groups is 1. The van der Waals surface area contributed by atoms with Crippen molar-refractivity contribution in [3.05, 3.63) is 72.1 Å². The first-order valence-electron chi connectivity index (χ1n) is 16.0. The third-order valence-electron chi connectivity index (χ3n) is 7.55. The van der Waals surface area contributed by atoms with Crippen LogP contribution in [-0.2, 0) is 26.8 Å². The van der Waals surface area contributed by atoms with Gasteiger partial charge in [-0.25, -0.2) is 9.56 Å². The Hall–Kier alpha value is -2.48. The molecule has 0 bridgehead atoms. The van der Waals surface area contributed by atoms with Crippen molar-refractivity contribution in [1.29, 1.82) is 0 Å². The maximum Gasteiger partial charge on any atom is 0.527 e. The van der Waals surface area contributed by atoms with Crippen LogP contribution in [0.5, 0.6) is 11.5 Å². The molecule has 1 heterocycles. The van der Waals surface area contributed by atoms with Crippen molar-refractivity contribution in [3.8, 4) is 11.5 Å². The van der Waals surface area contributed by atoms with Crippen molar-refractivity contribution >= 4 is 14.2 Å². The molecule has 0 amide bonds. The normalized spacial score (nSPS) is 16.3. The molecule has 0 saturated heterocycles. The summed E-state index contributed by atoms with van der Waals surface area (Å²) >= 11 is 0. The highest BCUT2D eigenvalue weighted by Crippen LogP contribution is 2.44. The number of aryl methyl sites for hydroxylation is 1. The van der Waals surface area contributed by atoms with E-state index < -0.39 is 13.9 Å². The fourth-order valence-corrected chi connectivity index (χ4v) is 5.83. The van der Waals surface area contributed by atoms with Gasteiger partial charge in [-0.05, 0) is 42.7 Å². The van der Waals surface area contributed by atoms with Crippen LogP contribution in [0.2, 0.25) is 0 Å². The van der Waals surface area contributed by atoms with Crippen LogP contribution in [0.3, 0.4) is 0 Å². The summed E-state index contributed by atoms with van der Waals surface area (Å²) in [6, 6.07) is 15.2. The molecule has 2 N–H and O–H groups in total. The van der Waals surface area contributed by atoms with Crippen molar-refractivity contribution in [3.63, 3.8) is 0 Å². The first-order chi connectivity index (χ1) is 21.0. The summed E-state index contributed by atoms with van der Waals surface area (Å²) in [5.74, 6) is 1.01. The fraction of sp³-hybridized carbons (Fsp3) is 0.559. The number of hydrogen-bond donors (Lipinski definition) is 2. The largest absolute Gasteiger partial charge is 0.527 e. The molecule has 2 aromatic carbocycles. The maximum atomic E-state index is 12.6. The lowest BCUT2D eigenvalue weighted by Crippen LogP contribution is -3.04. The molecule has 0 spiro atoms. The van der Waals surface area contributed by atoms with Crippen LogP contribution in [0.1, 0.15) is 95.1 Å². The van der Waals surface area contributed by atoms with E-state index in [1.54, 1.807) is 30.7 Å². The number of rotatable bonds is 24. The van der Waals surface area contributed by atoms with Crippen LogP contribution < -0.4 is 14.2 Å². The van der Waals surface area contributed by atoms with E-state index in [9.17, 15) is 9.46 Å². The van der Waals surface area contributed by atoms with Crippen molar-refractivity contribution in [2.45, 2.75) is 103 Å². The third kappa shape index (κ3) is 15.2. The Balaban J connectivity index is 1.30. The molecule has 3 rings (SSSR count). The number of benzene rings is 2. The average Bonchev–Trinajstić information content (AvgIpc) is 3.51. The molecule has 238 valence electrons. The zero-order valence-corrected chi connectivity index (χ0v) is 27.0. The Morgan fingerprint density at radius 2 is 1.47 bits per heavy atom. The minimum atomic E-state index is -4.36. The Morgan fingerprint density at radius 1 is 0.837 bits per heavy atom. The van der Waals surface area contributed by atoms with Crippen LogP contribution in [0.25, 0.3) is 0 Å². The van der Waals surface area contributed by atoms with Gasteiger partial charge in [-0.2, -0.15) is 0 Å². The van der Waals surface area contributed by atoms with Crippen LogP contribution in [0, 0.1) is 0 Å². The summed E-state index contributed by atoms with van der Waals surface area (Å²) in [7, 11) is -2.84. The summed E-state index contributed by atoms with van der Waals surface area (Å²) in [6.45, 7) is 2.95. The standard InChI is InChI=1S/C34H51N2O6P/c1-3-4-5-6-7-8-9-10-11-12-13-14-17-30-18-15-20-32(24-30)40-27-34(39-2)28-41-43(37,38)42-33-21-16-19-31(25-33)26-36-23-22-35-29-36/h15-16,18-25,29,34H,3-14,17,26-28H2,1-2H3,(H,37,38)/p+1.